The van der Waals surface area contributed by atoms with E-state index in [-0.39, 0.29) is 0 Å². The number of nitrogens with one attached hydrogen (secondary N) is 1. The van der Waals surface area contributed by atoms with E-state index in [4.69, 9.17) is 11.6 Å². The zero-order chi connectivity index (χ0) is 13.1. The summed E-state index contributed by atoms with van der Waals surface area (Å²) >= 11 is 5.87. The molecule has 1 N–H and O–H groups in total. The normalized spacial score (nSPS) is 13.3. The number of nitrogens with zero attached hydrogens (tertiary/aromatic N) is 2. The van der Waals surface area contributed by atoms with Crippen LogP contribution in [0.4, 0.5) is 5.82 Å². The fourth-order valence-electron chi connectivity index (χ4n) is 2.49. The molecule has 0 bridgehead atoms. The van der Waals surface area contributed by atoms with Crippen molar-refractivity contribution in [3.8, 4) is 0 Å². The maximum Gasteiger partial charge on any atom is 0.132 e. The number of fused-ring (bicyclic) bond motifs is 1. The zero-order valence-electron chi connectivity index (χ0n) is 10.7. The van der Waals surface area contributed by atoms with E-state index in [0.717, 1.165) is 36.6 Å². The van der Waals surface area contributed by atoms with Crippen LogP contribution in [0.5, 0.6) is 0 Å². The lowest BCUT2D eigenvalue weighted by molar-refractivity contribution is 0.899. The van der Waals surface area contributed by atoms with Gasteiger partial charge in [0.2, 0.25) is 0 Å². The summed E-state index contributed by atoms with van der Waals surface area (Å²) in [6.07, 6.45) is 6.01. The Hall–Kier alpha value is -1.61. The van der Waals surface area contributed by atoms with E-state index < -0.39 is 0 Å². The molecule has 1 aliphatic carbocycles. The average Bonchev–Trinajstić information content (AvgIpc) is 2.90. The fourth-order valence-corrected chi connectivity index (χ4v) is 2.61. The predicted molar refractivity (Wildman–Crippen MR) is 77.7 cm³/mol. The molecule has 1 heterocycles. The highest BCUT2D eigenvalue weighted by atomic mass is 35.5. The van der Waals surface area contributed by atoms with Gasteiger partial charge in [0.05, 0.1) is 0 Å². The van der Waals surface area contributed by atoms with Crippen LogP contribution in [0.15, 0.2) is 30.6 Å². The van der Waals surface area contributed by atoms with Crippen LogP contribution in [0.2, 0.25) is 5.02 Å². The number of hydrogen-bond donors (Lipinski definition) is 1. The summed E-state index contributed by atoms with van der Waals surface area (Å²) in [7, 11) is 0. The van der Waals surface area contributed by atoms with Gasteiger partial charge in [0.25, 0.3) is 0 Å². The summed E-state index contributed by atoms with van der Waals surface area (Å²) in [6.45, 7) is 0.880. The lowest BCUT2D eigenvalue weighted by Gasteiger charge is -2.09. The SMILES string of the molecule is Clc1ccc(CCNc2ncnc3c2CCC3)cc1. The molecule has 0 radical (unpaired) electrons. The number of aryl methyl sites for hydroxylation is 1. The molecule has 0 saturated carbocycles. The third kappa shape index (κ3) is 2.87. The first-order chi connectivity index (χ1) is 9.33. The fraction of sp³-hybridized carbons (Fsp3) is 0.333. The van der Waals surface area contributed by atoms with E-state index in [2.05, 4.69) is 27.4 Å². The van der Waals surface area contributed by atoms with Gasteiger partial charge in [-0.05, 0) is 43.4 Å². The van der Waals surface area contributed by atoms with Gasteiger partial charge in [-0.2, -0.15) is 0 Å². The molecular weight excluding hydrogens is 258 g/mol. The second kappa shape index (κ2) is 5.57. The van der Waals surface area contributed by atoms with Crippen LogP contribution in [-0.4, -0.2) is 16.5 Å². The van der Waals surface area contributed by atoms with Gasteiger partial charge in [0.1, 0.15) is 12.1 Å². The molecule has 1 aromatic heterocycles. The van der Waals surface area contributed by atoms with E-state index in [1.807, 2.05) is 12.1 Å². The largest absolute Gasteiger partial charge is 0.369 e. The molecule has 0 amide bonds. The van der Waals surface area contributed by atoms with Crippen molar-refractivity contribution in [2.24, 2.45) is 0 Å². The maximum atomic E-state index is 5.87. The number of halogens is 1. The van der Waals surface area contributed by atoms with E-state index in [1.54, 1.807) is 6.33 Å². The molecule has 3 nitrogen and oxygen atoms in total. The van der Waals surface area contributed by atoms with Crippen molar-refractivity contribution in [1.82, 2.24) is 9.97 Å². The summed E-state index contributed by atoms with van der Waals surface area (Å²) in [5.74, 6) is 1.01. The first-order valence-electron chi connectivity index (χ1n) is 6.64. The predicted octanol–water partition coefficient (Wildman–Crippen LogP) is 3.27. The molecule has 0 fully saturated rings. The van der Waals surface area contributed by atoms with Gasteiger partial charge in [0, 0.05) is 22.8 Å². The van der Waals surface area contributed by atoms with Gasteiger partial charge in [-0.25, -0.2) is 9.97 Å². The van der Waals surface area contributed by atoms with Gasteiger partial charge in [-0.3, -0.25) is 0 Å². The number of rotatable bonds is 4. The molecule has 19 heavy (non-hydrogen) atoms. The minimum atomic E-state index is 0.783. The van der Waals surface area contributed by atoms with Gasteiger partial charge >= 0.3 is 0 Å². The molecule has 0 saturated heterocycles. The molecule has 98 valence electrons. The van der Waals surface area contributed by atoms with Crippen LogP contribution < -0.4 is 5.32 Å². The van der Waals surface area contributed by atoms with Crippen molar-refractivity contribution in [2.75, 3.05) is 11.9 Å². The summed E-state index contributed by atoms with van der Waals surface area (Å²) in [5.41, 5.74) is 3.80. The number of anilines is 1. The Morgan fingerprint density at radius 3 is 2.79 bits per heavy atom. The molecule has 4 heteroatoms. The Bertz CT molecular complexity index is 566. The van der Waals surface area contributed by atoms with Crippen molar-refractivity contribution in [1.29, 1.82) is 0 Å². The van der Waals surface area contributed by atoms with Crippen molar-refractivity contribution < 1.29 is 0 Å². The second-order valence-electron chi connectivity index (χ2n) is 4.80. The minimum Gasteiger partial charge on any atom is -0.369 e. The molecule has 0 aliphatic heterocycles. The smallest absolute Gasteiger partial charge is 0.132 e. The van der Waals surface area contributed by atoms with Gasteiger partial charge < -0.3 is 5.32 Å². The monoisotopic (exact) mass is 273 g/mol. The quantitative estimate of drug-likeness (QED) is 0.929. The summed E-state index contributed by atoms with van der Waals surface area (Å²) < 4.78 is 0. The topological polar surface area (TPSA) is 37.8 Å². The molecule has 2 aromatic rings. The Balaban J connectivity index is 1.61. The summed E-state index contributed by atoms with van der Waals surface area (Å²) in [6, 6.07) is 7.99. The van der Waals surface area contributed by atoms with Crippen molar-refractivity contribution >= 4 is 17.4 Å². The molecule has 1 aromatic carbocycles. The Morgan fingerprint density at radius 1 is 1.11 bits per heavy atom. The van der Waals surface area contributed by atoms with E-state index in [1.165, 1.54) is 23.2 Å². The molecular formula is C15H16ClN3. The van der Waals surface area contributed by atoms with E-state index >= 15 is 0 Å². The Labute approximate surface area is 118 Å². The van der Waals surface area contributed by atoms with Crippen molar-refractivity contribution in [3.63, 3.8) is 0 Å². The Morgan fingerprint density at radius 2 is 1.95 bits per heavy atom. The highest BCUT2D eigenvalue weighted by Crippen LogP contribution is 2.24. The van der Waals surface area contributed by atoms with Gasteiger partial charge in [-0.1, -0.05) is 23.7 Å². The van der Waals surface area contributed by atoms with E-state index in [0.29, 0.717) is 0 Å². The third-order valence-corrected chi connectivity index (χ3v) is 3.75. The van der Waals surface area contributed by atoms with Crippen molar-refractivity contribution in [2.45, 2.75) is 25.7 Å². The number of aromatic nitrogens is 2. The summed E-state index contributed by atoms with van der Waals surface area (Å²) in [4.78, 5) is 8.68. The van der Waals surface area contributed by atoms with Crippen LogP contribution in [-0.2, 0) is 19.3 Å². The highest BCUT2D eigenvalue weighted by Gasteiger charge is 2.16. The van der Waals surface area contributed by atoms with Gasteiger partial charge in [0.15, 0.2) is 0 Å². The summed E-state index contributed by atoms with van der Waals surface area (Å²) in [5, 5.41) is 4.21. The third-order valence-electron chi connectivity index (χ3n) is 3.49. The lowest BCUT2D eigenvalue weighted by atomic mass is 10.1. The molecule has 0 spiro atoms. The minimum absolute atomic E-state index is 0.783. The zero-order valence-corrected chi connectivity index (χ0v) is 11.5. The van der Waals surface area contributed by atoms with Gasteiger partial charge in [-0.15, -0.1) is 0 Å². The van der Waals surface area contributed by atoms with Crippen LogP contribution in [0.25, 0.3) is 0 Å². The van der Waals surface area contributed by atoms with Crippen LogP contribution in [0.3, 0.4) is 0 Å². The first-order valence-corrected chi connectivity index (χ1v) is 7.02. The average molecular weight is 274 g/mol. The Kier molecular flexibility index (Phi) is 3.65. The molecule has 0 unspecified atom stereocenters. The molecule has 3 rings (SSSR count). The molecule has 0 atom stereocenters. The van der Waals surface area contributed by atoms with Crippen LogP contribution in [0, 0.1) is 0 Å². The lowest BCUT2D eigenvalue weighted by Crippen LogP contribution is -2.09. The maximum absolute atomic E-state index is 5.87. The second-order valence-corrected chi connectivity index (χ2v) is 5.24. The molecule has 1 aliphatic rings. The standard InChI is InChI=1S/C15H16ClN3/c16-12-6-4-11(5-7-12)8-9-17-15-13-2-1-3-14(13)18-10-19-15/h4-7,10H,1-3,8-9H2,(H,17,18,19). The highest BCUT2D eigenvalue weighted by molar-refractivity contribution is 6.30. The van der Waals surface area contributed by atoms with Crippen LogP contribution in [0.1, 0.15) is 23.2 Å². The van der Waals surface area contributed by atoms with Crippen LogP contribution >= 0.6 is 11.6 Å². The van der Waals surface area contributed by atoms with Crippen molar-refractivity contribution in [3.05, 3.63) is 52.4 Å². The first kappa shape index (κ1) is 12.4. The number of hydrogen-bond acceptors (Lipinski definition) is 3. The number of benzene rings is 1. The van der Waals surface area contributed by atoms with E-state index in [9.17, 15) is 0 Å².